The van der Waals surface area contributed by atoms with E-state index in [-0.39, 0.29) is 25.4 Å². The average Bonchev–Trinajstić information content (AvgIpc) is 3.01. The molecule has 262 valence electrons. The molecule has 0 bridgehead atoms. The summed E-state index contributed by atoms with van der Waals surface area (Å²) in [5, 5.41) is 60.5. The molecule has 0 aromatic carbocycles. The van der Waals surface area contributed by atoms with E-state index in [1.807, 2.05) is 19.1 Å². The van der Waals surface area contributed by atoms with Crippen LogP contribution in [0.2, 0.25) is 0 Å². The standard InChI is InChI=1S/C34H48O13/c1-23-13-7-3-2-4-8-14-24(35)21-25(36)15-9-5-10-16-26(17-11-6-12-18-30(40)45-23)46-34-33(43)32(42)31(41)27(47-34)22-44-29(39)20-19-28(37)38/h2,4-6,8-12,14,16,18,23-27,31-36,41-43H,3,7,13,15,17,19-22H2,1H3,(H,37,38)/b4-2?,9-5?,11-6?,14-8?,16-10+,18-12?. The molecule has 2 heterocycles. The number of esters is 2. The lowest BCUT2D eigenvalue weighted by molar-refractivity contribution is -0.307. The third-order valence-corrected chi connectivity index (χ3v) is 7.15. The van der Waals surface area contributed by atoms with Crippen LogP contribution in [0, 0.1) is 0 Å². The molecule has 9 atom stereocenters. The van der Waals surface area contributed by atoms with Crippen molar-refractivity contribution < 1.29 is 64.0 Å². The van der Waals surface area contributed by atoms with E-state index in [0.717, 1.165) is 12.8 Å². The molecule has 0 saturated carbocycles. The maximum absolute atomic E-state index is 12.2. The van der Waals surface area contributed by atoms with Crippen molar-refractivity contribution in [1.82, 2.24) is 0 Å². The molecular weight excluding hydrogens is 616 g/mol. The van der Waals surface area contributed by atoms with Gasteiger partial charge in [0.25, 0.3) is 0 Å². The minimum absolute atomic E-state index is 0.145. The number of ether oxygens (including phenoxy) is 4. The number of rotatable bonds is 7. The molecule has 0 amide bonds. The Morgan fingerprint density at radius 2 is 1.57 bits per heavy atom. The Bertz CT molecular complexity index is 1140. The van der Waals surface area contributed by atoms with Crippen molar-refractivity contribution in [3.05, 3.63) is 72.9 Å². The number of aliphatic hydroxyl groups excluding tert-OH is 5. The molecular formula is C34H48O13. The predicted octanol–water partition coefficient (Wildman–Crippen LogP) is 1.93. The van der Waals surface area contributed by atoms with Crippen LogP contribution in [0.25, 0.3) is 0 Å². The van der Waals surface area contributed by atoms with Crippen molar-refractivity contribution in [2.45, 2.75) is 113 Å². The van der Waals surface area contributed by atoms with Crippen molar-refractivity contribution in [3.8, 4) is 0 Å². The van der Waals surface area contributed by atoms with Gasteiger partial charge in [-0.25, -0.2) is 4.79 Å². The molecule has 0 radical (unpaired) electrons. The first-order valence-corrected chi connectivity index (χ1v) is 15.7. The fraction of sp³-hybridized carbons (Fsp3) is 0.559. The Labute approximate surface area is 274 Å². The number of hydrogen-bond donors (Lipinski definition) is 6. The topological polar surface area (TPSA) is 210 Å². The zero-order valence-electron chi connectivity index (χ0n) is 26.5. The van der Waals surface area contributed by atoms with Gasteiger partial charge in [0.1, 0.15) is 31.0 Å². The lowest BCUT2D eigenvalue weighted by atomic mass is 9.99. The Morgan fingerprint density at radius 1 is 0.872 bits per heavy atom. The van der Waals surface area contributed by atoms with Crippen molar-refractivity contribution in [1.29, 1.82) is 0 Å². The molecule has 1 fully saturated rings. The smallest absolute Gasteiger partial charge is 0.331 e. The Kier molecular flexibility index (Phi) is 18.8. The Balaban J connectivity index is 2.14. The van der Waals surface area contributed by atoms with Crippen LogP contribution >= 0.6 is 0 Å². The quantitative estimate of drug-likeness (QED) is 0.215. The number of carboxylic acid groups (broad SMARTS) is 1. The van der Waals surface area contributed by atoms with Crippen molar-refractivity contribution in [3.63, 3.8) is 0 Å². The number of carbonyl (C=O) groups is 3. The second kappa shape index (κ2) is 22.2. The van der Waals surface area contributed by atoms with Gasteiger partial charge < -0.3 is 49.6 Å². The van der Waals surface area contributed by atoms with Crippen LogP contribution in [-0.4, -0.2) is 110 Å². The number of aliphatic hydroxyl groups is 5. The minimum atomic E-state index is -1.70. The molecule has 2 aliphatic rings. The highest BCUT2D eigenvalue weighted by Gasteiger charge is 2.45. The molecule has 1 saturated heterocycles. The van der Waals surface area contributed by atoms with Crippen LogP contribution in [0.3, 0.4) is 0 Å². The van der Waals surface area contributed by atoms with Crippen molar-refractivity contribution >= 4 is 17.9 Å². The number of aliphatic carboxylic acids is 1. The summed E-state index contributed by atoms with van der Waals surface area (Å²) < 4.78 is 21.9. The molecule has 9 unspecified atom stereocenters. The monoisotopic (exact) mass is 664 g/mol. The lowest BCUT2D eigenvalue weighted by Crippen LogP contribution is -2.59. The average molecular weight is 665 g/mol. The first-order valence-electron chi connectivity index (χ1n) is 15.7. The van der Waals surface area contributed by atoms with Crippen LogP contribution in [0.4, 0.5) is 0 Å². The molecule has 2 rings (SSSR count). The van der Waals surface area contributed by atoms with E-state index in [0.29, 0.717) is 6.42 Å². The van der Waals surface area contributed by atoms with Crippen LogP contribution in [0.15, 0.2) is 72.9 Å². The Morgan fingerprint density at radius 3 is 2.34 bits per heavy atom. The van der Waals surface area contributed by atoms with Crippen LogP contribution < -0.4 is 0 Å². The fourth-order valence-electron chi connectivity index (χ4n) is 4.54. The Hall–Kier alpha value is -3.43. The van der Waals surface area contributed by atoms with E-state index in [1.165, 1.54) is 12.2 Å². The summed E-state index contributed by atoms with van der Waals surface area (Å²) in [6, 6.07) is 0. The SMILES string of the molecule is CC1CCCC=CC=CC(O)CC(O)CC=C/C=C/C(OC2OC(COC(=O)CCC(=O)O)C(O)C(O)C2O)CC=CC=CC(=O)O1. The molecule has 6 N–H and O–H groups in total. The molecule has 0 aromatic heterocycles. The van der Waals surface area contributed by atoms with Crippen molar-refractivity contribution in [2.75, 3.05) is 6.61 Å². The van der Waals surface area contributed by atoms with E-state index >= 15 is 0 Å². The summed E-state index contributed by atoms with van der Waals surface area (Å²) in [5.74, 6) is -2.52. The van der Waals surface area contributed by atoms with E-state index in [2.05, 4.69) is 0 Å². The highest BCUT2D eigenvalue weighted by Crippen LogP contribution is 2.25. The van der Waals surface area contributed by atoms with Gasteiger partial charge >= 0.3 is 17.9 Å². The van der Waals surface area contributed by atoms with E-state index < -0.39 is 86.4 Å². The number of carboxylic acids is 1. The first-order chi connectivity index (χ1) is 22.5. The van der Waals surface area contributed by atoms with Crippen LogP contribution in [0.1, 0.15) is 58.3 Å². The number of cyclic esters (lactones) is 1. The van der Waals surface area contributed by atoms with Gasteiger partial charge in [-0.2, -0.15) is 0 Å². The molecule has 13 heteroatoms. The summed E-state index contributed by atoms with van der Waals surface area (Å²) in [5.41, 5.74) is 0. The molecule has 13 nitrogen and oxygen atoms in total. The largest absolute Gasteiger partial charge is 0.481 e. The molecule has 0 aliphatic carbocycles. The third-order valence-electron chi connectivity index (χ3n) is 7.15. The second-order valence-corrected chi connectivity index (χ2v) is 11.3. The first kappa shape index (κ1) is 39.7. The van der Waals surface area contributed by atoms with Crippen molar-refractivity contribution in [2.24, 2.45) is 0 Å². The van der Waals surface area contributed by atoms with Crippen LogP contribution in [-0.2, 0) is 33.3 Å². The van der Waals surface area contributed by atoms with E-state index in [9.17, 15) is 39.9 Å². The van der Waals surface area contributed by atoms with Gasteiger partial charge in [-0.3, -0.25) is 9.59 Å². The zero-order valence-corrected chi connectivity index (χ0v) is 26.5. The van der Waals surface area contributed by atoms with Gasteiger partial charge in [0, 0.05) is 12.5 Å². The normalized spacial score (nSPS) is 32.6. The summed E-state index contributed by atoms with van der Waals surface area (Å²) in [6.45, 7) is 1.29. The molecule has 0 aromatic rings. The van der Waals surface area contributed by atoms with Gasteiger partial charge in [-0.15, -0.1) is 0 Å². The highest BCUT2D eigenvalue weighted by atomic mass is 16.7. The summed E-state index contributed by atoms with van der Waals surface area (Å²) in [4.78, 5) is 34.7. The van der Waals surface area contributed by atoms with Gasteiger partial charge in [-0.1, -0.05) is 66.8 Å². The van der Waals surface area contributed by atoms with Gasteiger partial charge in [-0.05, 0) is 39.0 Å². The van der Waals surface area contributed by atoms with Gasteiger partial charge in [0.2, 0.25) is 0 Å². The summed E-state index contributed by atoms with van der Waals surface area (Å²) in [7, 11) is 0. The summed E-state index contributed by atoms with van der Waals surface area (Å²) in [6.07, 6.45) is 11.5. The third kappa shape index (κ3) is 16.8. The van der Waals surface area contributed by atoms with Gasteiger partial charge in [0.15, 0.2) is 6.29 Å². The van der Waals surface area contributed by atoms with Gasteiger partial charge in [0.05, 0.1) is 37.3 Å². The molecule has 2 aliphatic heterocycles. The minimum Gasteiger partial charge on any atom is -0.481 e. The maximum atomic E-state index is 12.2. The van der Waals surface area contributed by atoms with E-state index in [4.69, 9.17) is 24.1 Å². The zero-order chi connectivity index (χ0) is 34.6. The number of hydrogen-bond acceptors (Lipinski definition) is 12. The predicted molar refractivity (Wildman–Crippen MR) is 169 cm³/mol. The number of carbonyl (C=O) groups excluding carboxylic acids is 2. The number of allylic oxidation sites excluding steroid dienone is 7. The maximum Gasteiger partial charge on any atom is 0.331 e. The fourth-order valence-corrected chi connectivity index (χ4v) is 4.54. The van der Waals surface area contributed by atoms with Crippen LogP contribution in [0.5, 0.6) is 0 Å². The highest BCUT2D eigenvalue weighted by molar-refractivity contribution is 5.82. The lowest BCUT2D eigenvalue weighted by Gasteiger charge is -2.40. The molecule has 47 heavy (non-hydrogen) atoms. The second-order valence-electron chi connectivity index (χ2n) is 11.3. The summed E-state index contributed by atoms with van der Waals surface area (Å²) >= 11 is 0. The van der Waals surface area contributed by atoms with E-state index in [1.54, 1.807) is 48.6 Å². The molecule has 0 spiro atoms.